The van der Waals surface area contributed by atoms with E-state index in [9.17, 15) is 9.59 Å². The number of ether oxygens (including phenoxy) is 3. The molecule has 180 valence electrons. The van der Waals surface area contributed by atoms with Crippen LogP contribution in [0.15, 0.2) is 46.8 Å². The van der Waals surface area contributed by atoms with Gasteiger partial charge in [-0.3, -0.25) is 0 Å². The van der Waals surface area contributed by atoms with Crippen LogP contribution in [-0.4, -0.2) is 43.5 Å². The summed E-state index contributed by atoms with van der Waals surface area (Å²) >= 11 is 7.98. The third kappa shape index (κ3) is 5.76. The quantitative estimate of drug-likeness (QED) is 0.387. The molecule has 1 atom stereocenters. The number of methoxy groups -OCH3 is 2. The first-order valence-corrected chi connectivity index (χ1v) is 12.6. The Morgan fingerprint density at radius 3 is 2.48 bits per heavy atom. The molecule has 1 aliphatic heterocycles. The van der Waals surface area contributed by atoms with Crippen LogP contribution < -0.4 is 5.32 Å². The molecule has 0 radical (unpaired) electrons. The molecule has 6 nitrogen and oxygen atoms in total. The highest BCUT2D eigenvalue weighted by atomic mass is 35.5. The van der Waals surface area contributed by atoms with E-state index in [-0.39, 0.29) is 11.5 Å². The van der Waals surface area contributed by atoms with Crippen molar-refractivity contribution in [2.75, 3.05) is 26.6 Å². The van der Waals surface area contributed by atoms with E-state index < -0.39 is 17.9 Å². The number of halogens is 1. The predicted molar refractivity (Wildman–Crippen MR) is 131 cm³/mol. The molecule has 1 aliphatic carbocycles. The summed E-state index contributed by atoms with van der Waals surface area (Å²) in [6.07, 6.45) is 5.39. The number of benzene rings is 1. The van der Waals surface area contributed by atoms with Crippen molar-refractivity contribution >= 4 is 35.3 Å². The first kappa shape index (κ1) is 25.7. The first-order chi connectivity index (χ1) is 15.9. The van der Waals surface area contributed by atoms with E-state index in [2.05, 4.69) is 5.32 Å². The Hall–Kier alpha value is -1.96. The summed E-state index contributed by atoms with van der Waals surface area (Å²) in [7, 11) is 3.09. The summed E-state index contributed by atoms with van der Waals surface area (Å²) in [5.74, 6) is -1.10. The summed E-state index contributed by atoms with van der Waals surface area (Å²) < 4.78 is 16.5. The molecule has 0 aromatic heterocycles. The van der Waals surface area contributed by atoms with Gasteiger partial charge < -0.3 is 19.5 Å². The van der Waals surface area contributed by atoms with Crippen LogP contribution in [0.2, 0.25) is 5.02 Å². The average Bonchev–Trinajstić information content (AvgIpc) is 2.82. The molecule has 3 rings (SSSR count). The van der Waals surface area contributed by atoms with E-state index >= 15 is 0 Å². The van der Waals surface area contributed by atoms with Crippen molar-refractivity contribution in [3.63, 3.8) is 0 Å². The van der Waals surface area contributed by atoms with Crippen LogP contribution in [0.5, 0.6) is 0 Å². The van der Waals surface area contributed by atoms with E-state index in [0.717, 1.165) is 36.9 Å². The van der Waals surface area contributed by atoms with E-state index in [0.29, 0.717) is 27.6 Å². The fraction of sp³-hybridized carbons (Fsp3) is 0.520. The lowest BCUT2D eigenvalue weighted by atomic mass is 9.80. The number of nitrogens with one attached hydrogen (secondary N) is 1. The van der Waals surface area contributed by atoms with Gasteiger partial charge in [-0.15, -0.1) is 11.8 Å². The Morgan fingerprint density at radius 2 is 1.88 bits per heavy atom. The van der Waals surface area contributed by atoms with Crippen LogP contribution in [0.4, 0.5) is 0 Å². The van der Waals surface area contributed by atoms with Gasteiger partial charge in [0.1, 0.15) is 4.93 Å². The van der Waals surface area contributed by atoms with Gasteiger partial charge >= 0.3 is 11.9 Å². The lowest BCUT2D eigenvalue weighted by Gasteiger charge is -2.37. The molecule has 1 heterocycles. The van der Waals surface area contributed by atoms with Crippen molar-refractivity contribution < 1.29 is 23.8 Å². The number of allylic oxidation sites excluding steroid dienone is 1. The maximum absolute atomic E-state index is 13.3. The second-order valence-corrected chi connectivity index (χ2v) is 9.98. The van der Waals surface area contributed by atoms with Crippen LogP contribution in [0.3, 0.4) is 0 Å². The minimum absolute atomic E-state index is 0.225. The number of dihydropyridines is 1. The molecule has 1 N–H and O–H groups in total. The van der Waals surface area contributed by atoms with Crippen LogP contribution in [0, 0.1) is 0 Å². The lowest BCUT2D eigenvalue weighted by Crippen LogP contribution is -2.36. The van der Waals surface area contributed by atoms with Crippen LogP contribution >= 0.6 is 23.4 Å². The van der Waals surface area contributed by atoms with Crippen molar-refractivity contribution in [2.24, 2.45) is 0 Å². The van der Waals surface area contributed by atoms with Gasteiger partial charge in [0.05, 0.1) is 30.8 Å². The standard InChI is InChI=1S/C25H32ClNO5S/c1-5-32-24(29)22-19(15-33-25(31-4)12-7-6-8-13-25)27-16(2)20(23(28)30-3)21(22)17-10-9-11-18(26)14-17/h9-11,14,21,27H,5-8,12-13,15H2,1-4H3. The highest BCUT2D eigenvalue weighted by molar-refractivity contribution is 8.00. The van der Waals surface area contributed by atoms with Gasteiger partial charge in [-0.05, 0) is 57.2 Å². The molecule has 0 bridgehead atoms. The van der Waals surface area contributed by atoms with Crippen molar-refractivity contribution in [1.82, 2.24) is 5.32 Å². The lowest BCUT2D eigenvalue weighted by molar-refractivity contribution is -0.139. The Balaban J connectivity index is 2.09. The highest BCUT2D eigenvalue weighted by Gasteiger charge is 2.40. The van der Waals surface area contributed by atoms with E-state index in [1.54, 1.807) is 37.9 Å². The number of carbonyl (C=O) groups is 2. The van der Waals surface area contributed by atoms with Gasteiger partial charge in [-0.25, -0.2) is 9.59 Å². The van der Waals surface area contributed by atoms with Gasteiger partial charge in [0.2, 0.25) is 0 Å². The normalized spacial score (nSPS) is 20.3. The van der Waals surface area contributed by atoms with Crippen molar-refractivity contribution in [2.45, 2.75) is 56.8 Å². The minimum atomic E-state index is -0.656. The average molecular weight is 494 g/mol. The molecule has 8 heteroatoms. The summed E-state index contributed by atoms with van der Waals surface area (Å²) in [4.78, 5) is 25.8. The molecular formula is C25H32ClNO5S. The summed E-state index contributed by atoms with van der Waals surface area (Å²) in [6.45, 7) is 3.81. The van der Waals surface area contributed by atoms with Crippen molar-refractivity contribution in [3.8, 4) is 0 Å². The zero-order chi connectivity index (χ0) is 24.0. The molecule has 1 aromatic carbocycles. The van der Waals surface area contributed by atoms with Crippen molar-refractivity contribution in [3.05, 3.63) is 57.4 Å². The topological polar surface area (TPSA) is 73.9 Å². The molecule has 1 fully saturated rings. The summed E-state index contributed by atoms with van der Waals surface area (Å²) in [5, 5.41) is 3.84. The van der Waals surface area contributed by atoms with Crippen LogP contribution in [0.25, 0.3) is 0 Å². The van der Waals surface area contributed by atoms with E-state index in [1.807, 2.05) is 19.1 Å². The minimum Gasteiger partial charge on any atom is -0.466 e. The van der Waals surface area contributed by atoms with Gasteiger partial charge in [0, 0.05) is 29.3 Å². The number of hydrogen-bond acceptors (Lipinski definition) is 7. The third-order valence-corrected chi connectivity index (χ3v) is 7.96. The molecule has 0 saturated heterocycles. The zero-order valence-corrected chi connectivity index (χ0v) is 21.2. The van der Waals surface area contributed by atoms with Gasteiger partial charge in [-0.2, -0.15) is 0 Å². The Kier molecular flexibility index (Phi) is 8.90. The van der Waals surface area contributed by atoms with Gasteiger partial charge in [-0.1, -0.05) is 30.2 Å². The number of hydrogen-bond donors (Lipinski definition) is 1. The molecule has 1 saturated carbocycles. The molecule has 0 amide bonds. The Morgan fingerprint density at radius 1 is 1.15 bits per heavy atom. The molecule has 1 unspecified atom stereocenters. The maximum atomic E-state index is 13.3. The van der Waals surface area contributed by atoms with Crippen LogP contribution in [-0.2, 0) is 23.8 Å². The number of carbonyl (C=O) groups excluding carboxylic acids is 2. The first-order valence-electron chi connectivity index (χ1n) is 11.3. The number of thioether (sulfide) groups is 1. The fourth-order valence-corrected chi connectivity index (χ4v) is 6.09. The smallest absolute Gasteiger partial charge is 0.336 e. The Bertz CT molecular complexity index is 952. The zero-order valence-electron chi connectivity index (χ0n) is 19.7. The summed E-state index contributed by atoms with van der Waals surface area (Å²) in [5.41, 5.74) is 2.87. The SMILES string of the molecule is CCOC(=O)C1=C(CSC2(OC)CCCCC2)NC(C)=C(C(=O)OC)C1c1cccc(Cl)c1. The number of rotatable bonds is 8. The second kappa shape index (κ2) is 11.4. The predicted octanol–water partition coefficient (Wildman–Crippen LogP) is 5.33. The molecule has 2 aliphatic rings. The third-order valence-electron chi connectivity index (χ3n) is 6.19. The number of esters is 2. The van der Waals surface area contributed by atoms with Crippen LogP contribution in [0.1, 0.15) is 57.4 Å². The van der Waals surface area contributed by atoms with E-state index in [4.69, 9.17) is 25.8 Å². The van der Waals surface area contributed by atoms with Gasteiger partial charge in [0.25, 0.3) is 0 Å². The maximum Gasteiger partial charge on any atom is 0.336 e. The highest BCUT2D eigenvalue weighted by Crippen LogP contribution is 2.44. The molecular weight excluding hydrogens is 462 g/mol. The molecule has 0 spiro atoms. The fourth-order valence-electron chi connectivity index (χ4n) is 4.56. The van der Waals surface area contributed by atoms with E-state index in [1.165, 1.54) is 13.5 Å². The largest absolute Gasteiger partial charge is 0.466 e. The monoisotopic (exact) mass is 493 g/mol. The summed E-state index contributed by atoms with van der Waals surface area (Å²) in [6, 6.07) is 7.20. The van der Waals surface area contributed by atoms with Gasteiger partial charge in [0.15, 0.2) is 0 Å². The second-order valence-electron chi connectivity index (χ2n) is 8.22. The molecule has 33 heavy (non-hydrogen) atoms. The molecule has 1 aromatic rings. The van der Waals surface area contributed by atoms with Crippen molar-refractivity contribution in [1.29, 1.82) is 0 Å². The Labute approximate surface area is 205 Å².